The molecule has 0 saturated heterocycles. The Morgan fingerprint density at radius 3 is 2.62 bits per heavy atom. The van der Waals surface area contributed by atoms with Gasteiger partial charge in [-0.1, -0.05) is 0 Å². The Hall–Kier alpha value is -0.780. The number of nitrogens with two attached hydrogens (primary N) is 1. The molecule has 1 aromatic carbocycles. The van der Waals surface area contributed by atoms with Crippen molar-refractivity contribution in [3.05, 3.63) is 21.3 Å². The minimum Gasteiger partial charge on any atom is -0.495 e. The van der Waals surface area contributed by atoms with Gasteiger partial charge in [-0.25, -0.2) is 0 Å². The molecule has 0 heterocycles. The number of hydrogen-bond donors (Lipinski definition) is 1. The van der Waals surface area contributed by atoms with Crippen LogP contribution in [0.15, 0.2) is 12.1 Å². The second-order valence-electron chi connectivity index (χ2n) is 2.63. The van der Waals surface area contributed by atoms with Crippen molar-refractivity contribution in [3.8, 4) is 5.75 Å². The number of ketones is 1. The summed E-state index contributed by atoms with van der Waals surface area (Å²) in [6, 6.07) is 3.54. The molecule has 13 heavy (non-hydrogen) atoms. The SMILES string of the molecule is COc1cc(I)cc(C(C)=O)c1N. The Labute approximate surface area is 90.4 Å². The van der Waals surface area contributed by atoms with Crippen LogP contribution in [0.3, 0.4) is 0 Å². The van der Waals surface area contributed by atoms with Crippen LogP contribution in [0.5, 0.6) is 5.75 Å². The van der Waals surface area contributed by atoms with Gasteiger partial charge in [-0.3, -0.25) is 4.79 Å². The van der Waals surface area contributed by atoms with Crippen LogP contribution >= 0.6 is 22.6 Å². The minimum absolute atomic E-state index is 0.0469. The van der Waals surface area contributed by atoms with Crippen LogP contribution in [0.4, 0.5) is 5.69 Å². The largest absolute Gasteiger partial charge is 0.495 e. The number of anilines is 1. The van der Waals surface area contributed by atoms with Crippen molar-refractivity contribution in [2.75, 3.05) is 12.8 Å². The molecule has 1 rings (SSSR count). The van der Waals surface area contributed by atoms with Crippen LogP contribution in [0.25, 0.3) is 0 Å². The maximum absolute atomic E-state index is 11.1. The molecule has 0 saturated carbocycles. The van der Waals surface area contributed by atoms with Crippen LogP contribution in [0.2, 0.25) is 0 Å². The molecule has 2 N–H and O–H groups in total. The maximum Gasteiger partial charge on any atom is 0.162 e. The average Bonchev–Trinajstić information content (AvgIpc) is 2.08. The maximum atomic E-state index is 11.1. The molecule has 0 amide bonds. The van der Waals surface area contributed by atoms with Gasteiger partial charge in [0, 0.05) is 9.13 Å². The van der Waals surface area contributed by atoms with E-state index < -0.39 is 0 Å². The number of rotatable bonds is 2. The quantitative estimate of drug-likeness (QED) is 0.515. The summed E-state index contributed by atoms with van der Waals surface area (Å²) >= 11 is 2.12. The highest BCUT2D eigenvalue weighted by Crippen LogP contribution is 2.28. The lowest BCUT2D eigenvalue weighted by Gasteiger charge is -2.08. The molecule has 1 aromatic rings. The van der Waals surface area contributed by atoms with E-state index in [2.05, 4.69) is 22.6 Å². The number of hydrogen-bond acceptors (Lipinski definition) is 3. The number of benzene rings is 1. The fourth-order valence-electron chi connectivity index (χ4n) is 1.05. The second kappa shape index (κ2) is 3.95. The highest BCUT2D eigenvalue weighted by molar-refractivity contribution is 14.1. The average molecular weight is 291 g/mol. The summed E-state index contributed by atoms with van der Waals surface area (Å²) in [7, 11) is 1.53. The van der Waals surface area contributed by atoms with Crippen LogP contribution in [-0.4, -0.2) is 12.9 Å². The van der Waals surface area contributed by atoms with E-state index in [1.807, 2.05) is 0 Å². The van der Waals surface area contributed by atoms with Crippen LogP contribution < -0.4 is 10.5 Å². The van der Waals surface area contributed by atoms with E-state index in [-0.39, 0.29) is 5.78 Å². The molecule has 0 aliphatic carbocycles. The van der Waals surface area contributed by atoms with Crippen molar-refractivity contribution in [1.82, 2.24) is 0 Å². The molecule has 0 bridgehead atoms. The molecule has 0 fully saturated rings. The molecule has 0 atom stereocenters. The highest BCUT2D eigenvalue weighted by atomic mass is 127. The molecule has 70 valence electrons. The summed E-state index contributed by atoms with van der Waals surface area (Å²) in [6.07, 6.45) is 0. The van der Waals surface area contributed by atoms with Gasteiger partial charge in [-0.05, 0) is 41.6 Å². The van der Waals surface area contributed by atoms with E-state index >= 15 is 0 Å². The third kappa shape index (κ3) is 2.12. The second-order valence-corrected chi connectivity index (χ2v) is 3.87. The number of halogens is 1. The van der Waals surface area contributed by atoms with Crippen molar-refractivity contribution in [2.24, 2.45) is 0 Å². The van der Waals surface area contributed by atoms with Gasteiger partial charge in [0.25, 0.3) is 0 Å². The van der Waals surface area contributed by atoms with Crippen molar-refractivity contribution in [2.45, 2.75) is 6.92 Å². The Morgan fingerprint density at radius 1 is 1.54 bits per heavy atom. The molecular weight excluding hydrogens is 281 g/mol. The minimum atomic E-state index is -0.0469. The first-order valence-corrected chi connectivity index (χ1v) is 4.78. The number of nitrogen functional groups attached to an aromatic ring is 1. The lowest BCUT2D eigenvalue weighted by molar-refractivity contribution is 0.101. The zero-order chi connectivity index (χ0) is 10.0. The third-order valence-electron chi connectivity index (χ3n) is 1.71. The molecule has 0 aliphatic rings. The Bertz CT molecular complexity index is 350. The highest BCUT2D eigenvalue weighted by Gasteiger charge is 2.10. The van der Waals surface area contributed by atoms with Gasteiger partial charge in [-0.2, -0.15) is 0 Å². The summed E-state index contributed by atoms with van der Waals surface area (Å²) in [5.41, 5.74) is 6.64. The zero-order valence-electron chi connectivity index (χ0n) is 7.43. The van der Waals surface area contributed by atoms with E-state index in [1.165, 1.54) is 14.0 Å². The molecule has 0 unspecified atom stereocenters. The summed E-state index contributed by atoms with van der Waals surface area (Å²) < 4.78 is 5.97. The summed E-state index contributed by atoms with van der Waals surface area (Å²) in [6.45, 7) is 1.49. The van der Waals surface area contributed by atoms with Crippen molar-refractivity contribution < 1.29 is 9.53 Å². The molecule has 4 heteroatoms. The Balaban J connectivity index is 3.35. The number of carbonyl (C=O) groups is 1. The number of ether oxygens (including phenoxy) is 1. The summed E-state index contributed by atoms with van der Waals surface area (Å²) in [5.74, 6) is 0.506. The fraction of sp³-hybridized carbons (Fsp3) is 0.222. The number of carbonyl (C=O) groups excluding carboxylic acids is 1. The molecule has 3 nitrogen and oxygen atoms in total. The van der Waals surface area contributed by atoms with Gasteiger partial charge >= 0.3 is 0 Å². The van der Waals surface area contributed by atoms with Gasteiger partial charge in [0.1, 0.15) is 5.75 Å². The zero-order valence-corrected chi connectivity index (χ0v) is 9.58. The van der Waals surface area contributed by atoms with E-state index in [9.17, 15) is 4.79 Å². The first kappa shape index (κ1) is 10.3. The molecule has 0 spiro atoms. The molecule has 0 aromatic heterocycles. The van der Waals surface area contributed by atoms with Crippen molar-refractivity contribution >= 4 is 34.1 Å². The van der Waals surface area contributed by atoms with E-state index in [0.717, 1.165) is 3.57 Å². The van der Waals surface area contributed by atoms with Gasteiger partial charge in [0.2, 0.25) is 0 Å². The van der Waals surface area contributed by atoms with Crippen LogP contribution in [-0.2, 0) is 0 Å². The van der Waals surface area contributed by atoms with Gasteiger partial charge in [-0.15, -0.1) is 0 Å². The van der Waals surface area contributed by atoms with Crippen molar-refractivity contribution in [3.63, 3.8) is 0 Å². The molecule has 0 aliphatic heterocycles. The van der Waals surface area contributed by atoms with Crippen molar-refractivity contribution in [1.29, 1.82) is 0 Å². The first-order chi connectivity index (χ1) is 6.06. The lowest BCUT2D eigenvalue weighted by Crippen LogP contribution is -2.02. The summed E-state index contributed by atoms with van der Waals surface area (Å²) in [4.78, 5) is 11.1. The van der Waals surface area contributed by atoms with E-state index in [0.29, 0.717) is 17.0 Å². The summed E-state index contributed by atoms with van der Waals surface area (Å²) in [5, 5.41) is 0. The number of methoxy groups -OCH3 is 1. The predicted octanol–water partition coefficient (Wildman–Crippen LogP) is 2.08. The van der Waals surface area contributed by atoms with Crippen LogP contribution in [0.1, 0.15) is 17.3 Å². The fourth-order valence-corrected chi connectivity index (χ4v) is 1.65. The smallest absolute Gasteiger partial charge is 0.162 e. The standard InChI is InChI=1S/C9H10INO2/c1-5(12)7-3-6(10)4-8(13-2)9(7)11/h3-4H,11H2,1-2H3. The van der Waals surface area contributed by atoms with Gasteiger partial charge < -0.3 is 10.5 Å². The topological polar surface area (TPSA) is 52.3 Å². The molecule has 0 radical (unpaired) electrons. The van der Waals surface area contributed by atoms with Crippen LogP contribution in [0, 0.1) is 3.57 Å². The van der Waals surface area contributed by atoms with Gasteiger partial charge in [0.15, 0.2) is 5.78 Å². The Morgan fingerprint density at radius 2 is 2.15 bits per heavy atom. The molecular formula is C9H10INO2. The lowest BCUT2D eigenvalue weighted by atomic mass is 10.1. The normalized spacial score (nSPS) is 9.77. The predicted molar refractivity (Wildman–Crippen MR) is 60.1 cm³/mol. The van der Waals surface area contributed by atoms with E-state index in [1.54, 1.807) is 12.1 Å². The Kier molecular flexibility index (Phi) is 3.13. The van der Waals surface area contributed by atoms with E-state index in [4.69, 9.17) is 10.5 Å². The van der Waals surface area contributed by atoms with Gasteiger partial charge in [0.05, 0.1) is 12.8 Å². The third-order valence-corrected chi connectivity index (χ3v) is 2.33. The first-order valence-electron chi connectivity index (χ1n) is 3.70. The monoisotopic (exact) mass is 291 g/mol. The number of Topliss-reactive ketones (excluding diaryl/α,β-unsaturated/α-hetero) is 1.